The van der Waals surface area contributed by atoms with E-state index in [0.717, 1.165) is 22.3 Å². The van der Waals surface area contributed by atoms with Gasteiger partial charge in [-0.15, -0.1) is 0 Å². The predicted molar refractivity (Wildman–Crippen MR) is 66.1 cm³/mol. The van der Waals surface area contributed by atoms with Gasteiger partial charge >= 0.3 is 0 Å². The lowest BCUT2D eigenvalue weighted by Crippen LogP contribution is -1.86. The van der Waals surface area contributed by atoms with Crippen LogP contribution in [0.5, 0.6) is 0 Å². The molecule has 0 N–H and O–H groups in total. The van der Waals surface area contributed by atoms with E-state index in [1.165, 1.54) is 5.56 Å². The van der Waals surface area contributed by atoms with Gasteiger partial charge in [-0.05, 0) is 36.6 Å². The average molecular weight is 207 g/mol. The van der Waals surface area contributed by atoms with Gasteiger partial charge in [-0.25, -0.2) is 0 Å². The molecule has 78 valence electrons. The van der Waals surface area contributed by atoms with Crippen LogP contribution in [-0.4, -0.2) is 0 Å². The number of nitrogens with zero attached hydrogens (tertiary/aromatic N) is 1. The van der Waals surface area contributed by atoms with E-state index in [4.69, 9.17) is 5.26 Å². The minimum atomic E-state index is 0.740. The Labute approximate surface area is 96.0 Å². The van der Waals surface area contributed by atoms with Crippen molar-refractivity contribution < 1.29 is 0 Å². The second-order valence-corrected chi connectivity index (χ2v) is 4.03. The second kappa shape index (κ2) is 4.20. The van der Waals surface area contributed by atoms with Crippen LogP contribution >= 0.6 is 0 Å². The van der Waals surface area contributed by atoms with Crippen LogP contribution in [0.25, 0.3) is 11.1 Å². The van der Waals surface area contributed by atoms with Gasteiger partial charge in [0, 0.05) is 0 Å². The third kappa shape index (κ3) is 1.97. The zero-order valence-electron chi connectivity index (χ0n) is 9.49. The number of benzene rings is 2. The highest BCUT2D eigenvalue weighted by Gasteiger charge is 2.04. The highest BCUT2D eigenvalue weighted by molar-refractivity contribution is 5.71. The van der Waals surface area contributed by atoms with E-state index in [1.54, 1.807) is 0 Å². The highest BCUT2D eigenvalue weighted by Crippen LogP contribution is 2.24. The largest absolute Gasteiger partial charge is 0.192 e. The number of aryl methyl sites for hydroxylation is 2. The summed E-state index contributed by atoms with van der Waals surface area (Å²) >= 11 is 0. The minimum Gasteiger partial charge on any atom is -0.192 e. The molecule has 2 aromatic carbocycles. The maximum atomic E-state index is 9.11. The Morgan fingerprint density at radius 3 is 2.12 bits per heavy atom. The molecule has 0 unspecified atom stereocenters. The van der Waals surface area contributed by atoms with Crippen LogP contribution in [0, 0.1) is 25.2 Å². The maximum absolute atomic E-state index is 9.11. The van der Waals surface area contributed by atoms with Crippen molar-refractivity contribution in [2.75, 3.05) is 0 Å². The van der Waals surface area contributed by atoms with Crippen LogP contribution in [0.3, 0.4) is 0 Å². The summed E-state index contributed by atoms with van der Waals surface area (Å²) in [6, 6.07) is 16.5. The van der Waals surface area contributed by atoms with Crippen LogP contribution in [0.1, 0.15) is 16.7 Å². The van der Waals surface area contributed by atoms with E-state index in [-0.39, 0.29) is 0 Å². The smallest absolute Gasteiger partial charge is 0.0998 e. The van der Waals surface area contributed by atoms with Gasteiger partial charge in [-0.2, -0.15) is 5.26 Å². The molecule has 1 nitrogen and oxygen atoms in total. The zero-order valence-corrected chi connectivity index (χ0v) is 9.49. The number of rotatable bonds is 1. The lowest BCUT2D eigenvalue weighted by atomic mass is 9.98. The standard InChI is InChI=1S/C15H13N/c1-11-3-6-13(7-4-11)15-8-5-12(2)9-14(15)10-16/h3-9H,1-2H3. The molecule has 0 saturated heterocycles. The highest BCUT2D eigenvalue weighted by atomic mass is 14.2. The molecule has 2 rings (SSSR count). The number of nitriles is 1. The SMILES string of the molecule is Cc1ccc(-c2ccc(C)cc2C#N)cc1. The van der Waals surface area contributed by atoms with Crippen LogP contribution in [0.15, 0.2) is 42.5 Å². The van der Waals surface area contributed by atoms with Gasteiger partial charge in [-0.3, -0.25) is 0 Å². The molecule has 0 atom stereocenters. The van der Waals surface area contributed by atoms with Crippen LogP contribution in [0.2, 0.25) is 0 Å². The Hall–Kier alpha value is -2.07. The number of hydrogen-bond acceptors (Lipinski definition) is 1. The summed E-state index contributed by atoms with van der Waals surface area (Å²) in [5.41, 5.74) is 5.20. The Morgan fingerprint density at radius 1 is 0.875 bits per heavy atom. The summed E-state index contributed by atoms with van der Waals surface area (Å²) in [5.74, 6) is 0. The molecule has 0 aliphatic rings. The maximum Gasteiger partial charge on any atom is 0.0998 e. The van der Waals surface area contributed by atoms with Crippen molar-refractivity contribution >= 4 is 0 Å². The van der Waals surface area contributed by atoms with Gasteiger partial charge < -0.3 is 0 Å². The molecule has 2 aromatic rings. The molecule has 0 aromatic heterocycles. The summed E-state index contributed by atoms with van der Waals surface area (Å²) in [6.07, 6.45) is 0. The van der Waals surface area contributed by atoms with Crippen molar-refractivity contribution in [3.63, 3.8) is 0 Å². The second-order valence-electron chi connectivity index (χ2n) is 4.03. The van der Waals surface area contributed by atoms with Crippen molar-refractivity contribution in [3.05, 3.63) is 59.2 Å². The minimum absolute atomic E-state index is 0.740. The molecule has 0 aliphatic carbocycles. The summed E-state index contributed by atoms with van der Waals surface area (Å²) in [7, 11) is 0. The Morgan fingerprint density at radius 2 is 1.50 bits per heavy atom. The van der Waals surface area contributed by atoms with Gasteiger partial charge in [0.1, 0.15) is 0 Å². The molecule has 0 bridgehead atoms. The van der Waals surface area contributed by atoms with Crippen molar-refractivity contribution in [2.45, 2.75) is 13.8 Å². The molecule has 0 heterocycles. The molecular formula is C15H13N. The van der Waals surface area contributed by atoms with Gasteiger partial charge in [0.25, 0.3) is 0 Å². The third-order valence-electron chi connectivity index (χ3n) is 2.66. The predicted octanol–water partition coefficient (Wildman–Crippen LogP) is 3.84. The van der Waals surface area contributed by atoms with Crippen molar-refractivity contribution in [3.8, 4) is 17.2 Å². The van der Waals surface area contributed by atoms with Crippen molar-refractivity contribution in [1.29, 1.82) is 5.26 Å². The first-order chi connectivity index (χ1) is 7.70. The van der Waals surface area contributed by atoms with Crippen LogP contribution in [0.4, 0.5) is 0 Å². The Kier molecular flexibility index (Phi) is 2.74. The van der Waals surface area contributed by atoms with Gasteiger partial charge in [-0.1, -0.05) is 42.0 Å². The Balaban J connectivity index is 2.56. The fourth-order valence-corrected chi connectivity index (χ4v) is 1.74. The summed E-state index contributed by atoms with van der Waals surface area (Å²) in [5, 5.41) is 9.11. The molecule has 0 aliphatic heterocycles. The van der Waals surface area contributed by atoms with E-state index in [0.29, 0.717) is 0 Å². The molecule has 0 saturated carbocycles. The molecule has 0 fully saturated rings. The van der Waals surface area contributed by atoms with Crippen molar-refractivity contribution in [2.24, 2.45) is 0 Å². The first-order valence-corrected chi connectivity index (χ1v) is 5.28. The molecule has 0 radical (unpaired) electrons. The summed E-state index contributed by atoms with van der Waals surface area (Å²) < 4.78 is 0. The molecule has 16 heavy (non-hydrogen) atoms. The van der Waals surface area contributed by atoms with E-state index in [2.05, 4.69) is 37.3 Å². The fraction of sp³-hybridized carbons (Fsp3) is 0.133. The van der Waals surface area contributed by atoms with E-state index in [9.17, 15) is 0 Å². The van der Waals surface area contributed by atoms with E-state index < -0.39 is 0 Å². The van der Waals surface area contributed by atoms with Gasteiger partial charge in [0.2, 0.25) is 0 Å². The monoisotopic (exact) mass is 207 g/mol. The van der Waals surface area contributed by atoms with Gasteiger partial charge in [0.15, 0.2) is 0 Å². The normalized spacial score (nSPS) is 9.81. The lowest BCUT2D eigenvalue weighted by Gasteiger charge is -2.05. The first-order valence-electron chi connectivity index (χ1n) is 5.28. The zero-order chi connectivity index (χ0) is 11.5. The van der Waals surface area contributed by atoms with E-state index >= 15 is 0 Å². The Bertz CT molecular complexity index is 545. The van der Waals surface area contributed by atoms with Crippen LogP contribution in [-0.2, 0) is 0 Å². The molecule has 1 heteroatoms. The van der Waals surface area contributed by atoms with Crippen LogP contribution < -0.4 is 0 Å². The third-order valence-corrected chi connectivity index (χ3v) is 2.66. The molecule has 0 amide bonds. The van der Waals surface area contributed by atoms with E-state index in [1.807, 2.05) is 25.1 Å². The molecule has 0 spiro atoms. The summed E-state index contributed by atoms with van der Waals surface area (Å²) in [4.78, 5) is 0. The van der Waals surface area contributed by atoms with Crippen molar-refractivity contribution in [1.82, 2.24) is 0 Å². The summed E-state index contributed by atoms with van der Waals surface area (Å²) in [6.45, 7) is 4.06. The fourth-order valence-electron chi connectivity index (χ4n) is 1.74. The van der Waals surface area contributed by atoms with Gasteiger partial charge in [0.05, 0.1) is 11.6 Å². The number of hydrogen-bond donors (Lipinski definition) is 0. The molecular weight excluding hydrogens is 194 g/mol. The average Bonchev–Trinajstić information content (AvgIpc) is 2.30. The quantitative estimate of drug-likeness (QED) is 0.697. The first kappa shape index (κ1) is 10.4. The lowest BCUT2D eigenvalue weighted by molar-refractivity contribution is 1.41. The topological polar surface area (TPSA) is 23.8 Å².